The average molecular weight is 480 g/mol. The smallest absolute Gasteiger partial charge is 0.337 e. The monoisotopic (exact) mass is 479 g/mol. The molecule has 0 fully saturated rings. The molecular weight excluding hydrogens is 458 g/mol. The fourth-order valence-electron chi connectivity index (χ4n) is 3.18. The molecule has 0 saturated heterocycles. The summed E-state index contributed by atoms with van der Waals surface area (Å²) in [5.41, 5.74) is 2.47. The van der Waals surface area contributed by atoms with Gasteiger partial charge < -0.3 is 24.8 Å². The van der Waals surface area contributed by atoms with Crippen molar-refractivity contribution in [3.05, 3.63) is 71.4 Å². The molecule has 1 aliphatic rings. The molecule has 10 heteroatoms. The molecule has 1 aromatic heterocycles. The topological polar surface area (TPSA) is 116 Å². The molecule has 1 aliphatic heterocycles. The molecule has 0 saturated carbocycles. The lowest BCUT2D eigenvalue weighted by molar-refractivity contribution is -0.113. The number of aromatic nitrogens is 1. The Labute approximate surface area is 199 Å². The van der Waals surface area contributed by atoms with Crippen molar-refractivity contribution in [3.63, 3.8) is 0 Å². The Bertz CT molecular complexity index is 1260. The van der Waals surface area contributed by atoms with E-state index in [4.69, 9.17) is 14.2 Å². The van der Waals surface area contributed by atoms with E-state index in [1.165, 1.54) is 7.11 Å². The number of pyridine rings is 1. The van der Waals surface area contributed by atoms with Crippen molar-refractivity contribution in [2.45, 2.75) is 11.9 Å². The zero-order chi connectivity index (χ0) is 24.1. The second kappa shape index (κ2) is 10.3. The van der Waals surface area contributed by atoms with E-state index >= 15 is 0 Å². The molecule has 2 heterocycles. The van der Waals surface area contributed by atoms with E-state index in [1.54, 1.807) is 54.7 Å². The lowest BCUT2D eigenvalue weighted by atomic mass is 10.1. The summed E-state index contributed by atoms with van der Waals surface area (Å²) in [5.74, 6) is 0.0772. The maximum Gasteiger partial charge on any atom is 0.337 e. The first-order chi connectivity index (χ1) is 16.4. The number of esters is 1. The third kappa shape index (κ3) is 5.29. The number of nitrogens with one attached hydrogen (secondary N) is 2. The third-order valence-corrected chi connectivity index (χ3v) is 5.92. The average Bonchev–Trinajstić information content (AvgIpc) is 3.31. The Morgan fingerprint density at radius 1 is 1.06 bits per heavy atom. The number of thioether (sulfide) groups is 1. The fraction of sp³-hybridized carbons (Fsp3) is 0.167. The summed E-state index contributed by atoms with van der Waals surface area (Å²) in [5, 5.41) is 6.01. The van der Waals surface area contributed by atoms with Gasteiger partial charge in [0.2, 0.25) is 12.7 Å². The van der Waals surface area contributed by atoms with Crippen LogP contribution in [-0.4, -0.2) is 42.4 Å². The number of anilines is 2. The van der Waals surface area contributed by atoms with Crippen molar-refractivity contribution in [2.75, 3.05) is 30.3 Å². The van der Waals surface area contributed by atoms with Gasteiger partial charge in [0.15, 0.2) is 11.5 Å². The third-order valence-electron chi connectivity index (χ3n) is 4.92. The number of fused-ring (bicyclic) bond motifs is 1. The highest BCUT2D eigenvalue weighted by Gasteiger charge is 2.18. The van der Waals surface area contributed by atoms with Crippen molar-refractivity contribution >= 4 is 40.9 Å². The van der Waals surface area contributed by atoms with Crippen LogP contribution in [0.5, 0.6) is 11.5 Å². The summed E-state index contributed by atoms with van der Waals surface area (Å²) in [6.45, 7) is 1.97. The van der Waals surface area contributed by atoms with Crippen LogP contribution in [0.2, 0.25) is 0 Å². The number of rotatable bonds is 7. The fourth-order valence-corrected chi connectivity index (χ4v) is 3.97. The lowest BCUT2D eigenvalue weighted by Crippen LogP contribution is -2.17. The van der Waals surface area contributed by atoms with Crippen molar-refractivity contribution in [3.8, 4) is 11.5 Å². The molecule has 0 atom stereocenters. The van der Waals surface area contributed by atoms with Gasteiger partial charge in [-0.25, -0.2) is 9.78 Å². The number of carbonyl (C=O) groups is 3. The van der Waals surface area contributed by atoms with Crippen molar-refractivity contribution in [1.29, 1.82) is 0 Å². The SMILES string of the molecule is COC(=O)c1ccc(C)c(NC(=O)c2cccnc2SCC(=O)Nc2ccc3c(c2)OCO3)c1. The Kier molecular flexibility index (Phi) is 6.98. The van der Waals surface area contributed by atoms with Crippen molar-refractivity contribution in [1.82, 2.24) is 4.98 Å². The van der Waals surface area contributed by atoms with Gasteiger partial charge in [-0.15, -0.1) is 0 Å². The van der Waals surface area contributed by atoms with Crippen molar-refractivity contribution < 1.29 is 28.6 Å². The molecule has 3 aromatic rings. The molecule has 34 heavy (non-hydrogen) atoms. The molecule has 0 radical (unpaired) electrons. The Hall–Kier alpha value is -4.05. The Balaban J connectivity index is 1.42. The van der Waals surface area contributed by atoms with Gasteiger partial charge in [-0.05, 0) is 48.9 Å². The van der Waals surface area contributed by atoms with E-state index in [0.29, 0.717) is 39.0 Å². The van der Waals surface area contributed by atoms with Crippen LogP contribution >= 0.6 is 11.8 Å². The predicted molar refractivity (Wildman–Crippen MR) is 127 cm³/mol. The van der Waals surface area contributed by atoms with E-state index in [2.05, 4.69) is 15.6 Å². The molecular formula is C24H21N3O6S. The quantitative estimate of drug-likeness (QED) is 0.387. The summed E-state index contributed by atoms with van der Waals surface area (Å²) in [6, 6.07) is 13.3. The van der Waals surface area contributed by atoms with Crippen LogP contribution in [0, 0.1) is 6.92 Å². The highest BCUT2D eigenvalue weighted by molar-refractivity contribution is 8.00. The highest BCUT2D eigenvalue weighted by Crippen LogP contribution is 2.34. The van der Waals surface area contributed by atoms with Crippen LogP contribution in [0.1, 0.15) is 26.3 Å². The van der Waals surface area contributed by atoms with Crippen molar-refractivity contribution in [2.24, 2.45) is 0 Å². The molecule has 0 aliphatic carbocycles. The molecule has 2 aromatic carbocycles. The molecule has 2 amide bonds. The van der Waals surface area contributed by atoms with E-state index < -0.39 is 11.9 Å². The molecule has 4 rings (SSSR count). The van der Waals surface area contributed by atoms with Gasteiger partial charge in [0.1, 0.15) is 5.03 Å². The summed E-state index contributed by atoms with van der Waals surface area (Å²) in [4.78, 5) is 41.5. The van der Waals surface area contributed by atoms with E-state index in [-0.39, 0.29) is 18.5 Å². The molecule has 2 N–H and O–H groups in total. The van der Waals surface area contributed by atoms with Crippen LogP contribution in [0.3, 0.4) is 0 Å². The van der Waals surface area contributed by atoms with Crippen LogP contribution in [0.15, 0.2) is 59.8 Å². The largest absolute Gasteiger partial charge is 0.465 e. The van der Waals surface area contributed by atoms with Gasteiger partial charge in [0, 0.05) is 23.6 Å². The maximum absolute atomic E-state index is 13.0. The highest BCUT2D eigenvalue weighted by atomic mass is 32.2. The molecule has 0 unspecified atom stereocenters. The normalized spacial score (nSPS) is 11.6. The maximum atomic E-state index is 13.0. The van der Waals surface area contributed by atoms with Crippen LogP contribution < -0.4 is 20.1 Å². The lowest BCUT2D eigenvalue weighted by Gasteiger charge is -2.12. The first kappa shape index (κ1) is 23.1. The number of nitrogens with zero attached hydrogens (tertiary/aromatic N) is 1. The van der Waals surface area contributed by atoms with Gasteiger partial charge >= 0.3 is 5.97 Å². The minimum Gasteiger partial charge on any atom is -0.465 e. The number of carbonyl (C=O) groups excluding carboxylic acids is 3. The number of hydrogen-bond acceptors (Lipinski definition) is 8. The Morgan fingerprint density at radius 3 is 2.71 bits per heavy atom. The predicted octanol–water partition coefficient (Wildman–Crippen LogP) is 3.89. The van der Waals surface area contributed by atoms with E-state index in [1.807, 2.05) is 6.92 Å². The summed E-state index contributed by atoms with van der Waals surface area (Å²) in [6.07, 6.45) is 1.55. The minimum atomic E-state index is -0.499. The van der Waals surface area contributed by atoms with Gasteiger partial charge in [-0.1, -0.05) is 17.8 Å². The zero-order valence-electron chi connectivity index (χ0n) is 18.4. The van der Waals surface area contributed by atoms with Gasteiger partial charge in [-0.3, -0.25) is 9.59 Å². The number of ether oxygens (including phenoxy) is 3. The van der Waals surface area contributed by atoms with Crippen LogP contribution in [0.4, 0.5) is 11.4 Å². The van der Waals surface area contributed by atoms with E-state index in [0.717, 1.165) is 17.3 Å². The van der Waals surface area contributed by atoms with Gasteiger partial charge in [0.25, 0.3) is 5.91 Å². The molecule has 0 spiro atoms. The van der Waals surface area contributed by atoms with Gasteiger partial charge in [-0.2, -0.15) is 0 Å². The first-order valence-electron chi connectivity index (χ1n) is 10.2. The summed E-state index contributed by atoms with van der Waals surface area (Å²) < 4.78 is 15.3. The van der Waals surface area contributed by atoms with E-state index in [9.17, 15) is 14.4 Å². The number of amides is 2. The van der Waals surface area contributed by atoms with Gasteiger partial charge in [0.05, 0.1) is 24.0 Å². The number of aryl methyl sites for hydroxylation is 1. The van der Waals surface area contributed by atoms with Crippen LogP contribution in [-0.2, 0) is 9.53 Å². The summed E-state index contributed by atoms with van der Waals surface area (Å²) >= 11 is 1.14. The summed E-state index contributed by atoms with van der Waals surface area (Å²) in [7, 11) is 1.29. The minimum absolute atomic E-state index is 0.0442. The Morgan fingerprint density at radius 2 is 1.88 bits per heavy atom. The first-order valence-corrected chi connectivity index (χ1v) is 11.2. The number of benzene rings is 2. The molecule has 0 bridgehead atoms. The number of methoxy groups -OCH3 is 1. The van der Waals surface area contributed by atoms with Crippen LogP contribution in [0.25, 0.3) is 0 Å². The zero-order valence-corrected chi connectivity index (χ0v) is 19.2. The second-order valence-corrected chi connectivity index (χ2v) is 8.20. The second-order valence-electron chi connectivity index (χ2n) is 7.24. The standard InChI is InChI=1S/C24H21N3O6S/c1-14-5-6-15(24(30)31-2)10-18(14)27-22(29)17-4-3-9-25-23(17)34-12-21(28)26-16-7-8-19-20(11-16)33-13-32-19/h3-11H,12-13H2,1-2H3,(H,26,28)(H,27,29). The molecule has 174 valence electrons. The molecule has 9 nitrogen and oxygen atoms in total. The number of hydrogen-bond donors (Lipinski definition) is 2.